The van der Waals surface area contributed by atoms with Gasteiger partial charge in [-0.1, -0.05) is 61.6 Å². The number of aliphatic hydroxyl groups excluding tert-OH is 2. The normalized spacial score (nSPS) is 13.7. The Hall–Kier alpha value is -2.40. The van der Waals surface area contributed by atoms with E-state index in [-0.39, 0.29) is 12.4 Å². The number of allylic oxidation sites excluding steroid dienone is 1. The fraction of sp³-hybridized carbons (Fsp3) is 0.333. The fourth-order valence-electron chi connectivity index (χ4n) is 3.35. The molecule has 0 aliphatic heterocycles. The van der Waals surface area contributed by atoms with Gasteiger partial charge in [-0.3, -0.25) is 0 Å². The summed E-state index contributed by atoms with van der Waals surface area (Å²) in [6.07, 6.45) is 5.13. The monoisotopic (exact) mass is 382 g/mol. The summed E-state index contributed by atoms with van der Waals surface area (Å²) in [5, 5.41) is 31.7. The first-order chi connectivity index (χ1) is 13.5. The second kappa shape index (κ2) is 10.8. The van der Waals surface area contributed by atoms with Gasteiger partial charge in [-0.25, -0.2) is 0 Å². The van der Waals surface area contributed by atoms with Gasteiger partial charge in [0.15, 0.2) is 0 Å². The van der Waals surface area contributed by atoms with Gasteiger partial charge >= 0.3 is 0 Å². The van der Waals surface area contributed by atoms with Gasteiger partial charge in [-0.05, 0) is 47.4 Å². The van der Waals surface area contributed by atoms with Crippen LogP contribution in [0.25, 0.3) is 16.8 Å². The number of ether oxygens (including phenoxy) is 1. The molecule has 2 rings (SSSR count). The second-order valence-corrected chi connectivity index (χ2v) is 6.81. The van der Waals surface area contributed by atoms with E-state index >= 15 is 0 Å². The number of hydrogen-bond donors (Lipinski definition) is 3. The van der Waals surface area contributed by atoms with Gasteiger partial charge in [0.2, 0.25) is 0 Å². The molecular formula is C24H30O4. The summed E-state index contributed by atoms with van der Waals surface area (Å²) in [6, 6.07) is 11.4. The highest BCUT2D eigenvalue weighted by molar-refractivity contribution is 5.94. The van der Waals surface area contributed by atoms with Crippen LogP contribution >= 0.6 is 0 Å². The van der Waals surface area contributed by atoms with Crippen molar-refractivity contribution in [1.82, 2.24) is 0 Å². The van der Waals surface area contributed by atoms with Gasteiger partial charge in [0, 0.05) is 12.5 Å². The highest BCUT2D eigenvalue weighted by atomic mass is 16.5. The van der Waals surface area contributed by atoms with Gasteiger partial charge in [-0.15, -0.1) is 0 Å². The van der Waals surface area contributed by atoms with Crippen molar-refractivity contribution in [3.05, 3.63) is 71.3 Å². The van der Waals surface area contributed by atoms with E-state index < -0.39 is 6.10 Å². The average molecular weight is 383 g/mol. The molecule has 2 aromatic carbocycles. The Labute approximate surface area is 167 Å². The molecule has 0 saturated carbocycles. The molecule has 150 valence electrons. The molecule has 0 bridgehead atoms. The summed E-state index contributed by atoms with van der Waals surface area (Å²) < 4.78 is 5.09. The van der Waals surface area contributed by atoms with E-state index in [0.29, 0.717) is 24.2 Å². The summed E-state index contributed by atoms with van der Waals surface area (Å²) in [4.78, 5) is 0. The van der Waals surface area contributed by atoms with E-state index in [4.69, 9.17) is 4.74 Å². The van der Waals surface area contributed by atoms with Gasteiger partial charge in [0.1, 0.15) is 5.75 Å². The van der Waals surface area contributed by atoms with Gasteiger partial charge < -0.3 is 20.1 Å². The Kier molecular flexibility index (Phi) is 8.45. The number of aromatic hydroxyl groups is 1. The molecule has 0 aliphatic rings. The molecule has 0 radical (unpaired) electrons. The Morgan fingerprint density at radius 3 is 2.54 bits per heavy atom. The van der Waals surface area contributed by atoms with E-state index in [0.717, 1.165) is 29.2 Å². The summed E-state index contributed by atoms with van der Waals surface area (Å²) in [5.74, 6) is 0.275. The topological polar surface area (TPSA) is 69.9 Å². The Bertz CT molecular complexity index is 864. The summed E-state index contributed by atoms with van der Waals surface area (Å²) >= 11 is 0. The SMILES string of the molecule is C=C(COC)/C(=C/CO)C(O)CC/C(=C/c1ccc(O)c2ccccc12)CC. The highest BCUT2D eigenvalue weighted by Gasteiger charge is 2.14. The lowest BCUT2D eigenvalue weighted by Gasteiger charge is -2.18. The molecule has 2 aromatic rings. The van der Waals surface area contributed by atoms with Crippen LogP contribution in [0.5, 0.6) is 5.75 Å². The molecule has 0 amide bonds. The molecule has 4 heteroatoms. The van der Waals surface area contributed by atoms with Crippen LogP contribution in [-0.2, 0) is 4.74 Å². The van der Waals surface area contributed by atoms with Gasteiger partial charge in [-0.2, -0.15) is 0 Å². The van der Waals surface area contributed by atoms with Crippen molar-refractivity contribution in [2.45, 2.75) is 32.3 Å². The average Bonchev–Trinajstić information content (AvgIpc) is 2.71. The largest absolute Gasteiger partial charge is 0.507 e. The first-order valence-corrected chi connectivity index (χ1v) is 9.58. The first kappa shape index (κ1) is 21.9. The van der Waals surface area contributed by atoms with Crippen LogP contribution in [0.2, 0.25) is 0 Å². The van der Waals surface area contributed by atoms with Gasteiger partial charge in [0.05, 0.1) is 19.3 Å². The Morgan fingerprint density at radius 1 is 1.18 bits per heavy atom. The molecule has 3 N–H and O–H groups in total. The lowest BCUT2D eigenvalue weighted by atomic mass is 9.94. The molecule has 1 atom stereocenters. The molecule has 4 nitrogen and oxygen atoms in total. The second-order valence-electron chi connectivity index (χ2n) is 6.81. The van der Waals surface area contributed by atoms with Crippen molar-refractivity contribution < 1.29 is 20.1 Å². The third-order valence-electron chi connectivity index (χ3n) is 4.88. The summed E-state index contributed by atoms with van der Waals surface area (Å²) in [5.41, 5.74) is 3.57. The third kappa shape index (κ3) is 5.55. The standard InChI is InChI=1S/C24H30O4/c1-4-18(9-11-23(26)20(13-14-25)17(2)16-28-3)15-19-10-12-24(27)22-8-6-5-7-21(19)22/h5-8,10,12-13,15,23,25-27H,2,4,9,11,14,16H2,1,3H3/b18-15+,20-13-. The number of phenolic OH excluding ortho intramolecular Hbond substituents is 1. The highest BCUT2D eigenvalue weighted by Crippen LogP contribution is 2.30. The maximum Gasteiger partial charge on any atom is 0.123 e. The quantitative estimate of drug-likeness (QED) is 0.525. The predicted molar refractivity (Wildman–Crippen MR) is 115 cm³/mol. The molecule has 0 aromatic heterocycles. The Balaban J connectivity index is 2.19. The molecule has 28 heavy (non-hydrogen) atoms. The van der Waals surface area contributed by atoms with Crippen molar-refractivity contribution in [2.24, 2.45) is 0 Å². The minimum Gasteiger partial charge on any atom is -0.507 e. The zero-order valence-electron chi connectivity index (χ0n) is 16.7. The third-order valence-corrected chi connectivity index (χ3v) is 4.88. The Morgan fingerprint density at radius 2 is 1.89 bits per heavy atom. The van der Waals surface area contributed by atoms with Crippen molar-refractivity contribution in [1.29, 1.82) is 0 Å². The molecule has 0 spiro atoms. The lowest BCUT2D eigenvalue weighted by molar-refractivity contribution is 0.189. The minimum atomic E-state index is -0.707. The first-order valence-electron chi connectivity index (χ1n) is 9.58. The fourth-order valence-corrected chi connectivity index (χ4v) is 3.35. The summed E-state index contributed by atoms with van der Waals surface area (Å²) in [6.45, 7) is 6.20. The number of methoxy groups -OCH3 is 1. The molecule has 0 heterocycles. The molecular weight excluding hydrogens is 352 g/mol. The van der Waals surface area contributed by atoms with Crippen LogP contribution in [0.1, 0.15) is 31.7 Å². The van der Waals surface area contributed by atoms with E-state index in [1.54, 1.807) is 19.3 Å². The zero-order chi connectivity index (χ0) is 20.5. The van der Waals surface area contributed by atoms with Crippen LogP contribution in [0, 0.1) is 0 Å². The molecule has 1 unspecified atom stereocenters. The van der Waals surface area contributed by atoms with Crippen molar-refractivity contribution in [3.63, 3.8) is 0 Å². The zero-order valence-corrected chi connectivity index (χ0v) is 16.7. The number of aliphatic hydroxyl groups is 2. The maximum atomic E-state index is 10.6. The smallest absolute Gasteiger partial charge is 0.123 e. The van der Waals surface area contributed by atoms with Crippen molar-refractivity contribution in [3.8, 4) is 5.75 Å². The van der Waals surface area contributed by atoms with Crippen LogP contribution < -0.4 is 0 Å². The van der Waals surface area contributed by atoms with Crippen molar-refractivity contribution >= 4 is 16.8 Å². The van der Waals surface area contributed by atoms with E-state index in [1.165, 1.54) is 5.57 Å². The number of rotatable bonds is 10. The number of hydrogen-bond acceptors (Lipinski definition) is 4. The number of phenols is 1. The van der Waals surface area contributed by atoms with Crippen molar-refractivity contribution in [2.75, 3.05) is 20.3 Å². The molecule has 0 saturated heterocycles. The van der Waals surface area contributed by atoms with Crippen LogP contribution in [0.3, 0.4) is 0 Å². The van der Waals surface area contributed by atoms with E-state index in [1.807, 2.05) is 30.3 Å². The minimum absolute atomic E-state index is 0.148. The van der Waals surface area contributed by atoms with Gasteiger partial charge in [0.25, 0.3) is 0 Å². The lowest BCUT2D eigenvalue weighted by Crippen LogP contribution is -2.15. The van der Waals surface area contributed by atoms with E-state index in [2.05, 4.69) is 19.6 Å². The number of benzene rings is 2. The predicted octanol–water partition coefficient (Wildman–Crippen LogP) is 4.60. The van der Waals surface area contributed by atoms with Crippen LogP contribution in [-0.4, -0.2) is 41.7 Å². The van der Waals surface area contributed by atoms with E-state index in [9.17, 15) is 15.3 Å². The van der Waals surface area contributed by atoms with Crippen LogP contribution in [0.4, 0.5) is 0 Å². The maximum absolute atomic E-state index is 10.6. The summed E-state index contributed by atoms with van der Waals surface area (Å²) in [7, 11) is 1.58. The number of fused-ring (bicyclic) bond motifs is 1. The molecule has 0 fully saturated rings. The van der Waals surface area contributed by atoms with Crippen LogP contribution in [0.15, 0.2) is 65.8 Å². The molecule has 0 aliphatic carbocycles.